The predicted octanol–water partition coefficient (Wildman–Crippen LogP) is 2.27. The maximum Gasteiger partial charge on any atom is 0.272 e. The molecule has 31 heavy (non-hydrogen) atoms. The molecule has 2 aliphatic heterocycles. The molecule has 0 saturated carbocycles. The number of nitro groups is 1. The number of hydrogen-bond donors (Lipinski definition) is 1. The van der Waals surface area contributed by atoms with Crippen LogP contribution in [0.15, 0.2) is 18.2 Å². The molecule has 0 radical (unpaired) electrons. The Bertz CT molecular complexity index is 877. The summed E-state index contributed by atoms with van der Waals surface area (Å²) in [5.41, 5.74) is 0.738. The Morgan fingerprint density at radius 1 is 1.13 bits per heavy atom. The fourth-order valence-corrected chi connectivity index (χ4v) is 4.40. The molecule has 3 rings (SSSR count). The van der Waals surface area contributed by atoms with Gasteiger partial charge in [0, 0.05) is 48.8 Å². The van der Waals surface area contributed by atoms with Crippen molar-refractivity contribution in [3.05, 3.63) is 39.4 Å². The van der Waals surface area contributed by atoms with Crippen molar-refractivity contribution in [1.82, 2.24) is 15.1 Å². The minimum Gasteiger partial charge on any atom is -0.354 e. The molecule has 2 aliphatic rings. The Balaban J connectivity index is 1.64. The minimum absolute atomic E-state index is 0.0324. The van der Waals surface area contributed by atoms with Gasteiger partial charge in [0.2, 0.25) is 11.8 Å². The van der Waals surface area contributed by atoms with Gasteiger partial charge in [0.05, 0.1) is 4.92 Å². The standard InChI is InChI=1S/C22H30N4O5/c1-14(2)23-20(27)16-8-11-24(12-9-16)22(29)19-5-4-10-25(19)21(28)17-6-7-18(26(30)31)15(3)13-17/h6-7,13-14,16,19H,4-5,8-12H2,1-3H3,(H,23,27). The Kier molecular flexibility index (Phi) is 6.92. The molecule has 1 aromatic rings. The highest BCUT2D eigenvalue weighted by Crippen LogP contribution is 2.26. The van der Waals surface area contributed by atoms with Crippen molar-refractivity contribution in [1.29, 1.82) is 0 Å². The number of benzene rings is 1. The quantitative estimate of drug-likeness (QED) is 0.569. The number of likely N-dealkylation sites (tertiary alicyclic amines) is 2. The third kappa shape index (κ3) is 5.03. The van der Waals surface area contributed by atoms with Crippen LogP contribution in [0.3, 0.4) is 0 Å². The molecule has 0 bridgehead atoms. The number of nitrogens with zero attached hydrogens (tertiary/aromatic N) is 3. The average molecular weight is 431 g/mol. The Morgan fingerprint density at radius 2 is 1.81 bits per heavy atom. The lowest BCUT2D eigenvalue weighted by molar-refractivity contribution is -0.385. The van der Waals surface area contributed by atoms with E-state index in [1.54, 1.807) is 16.7 Å². The van der Waals surface area contributed by atoms with Crippen molar-refractivity contribution in [2.24, 2.45) is 5.92 Å². The number of nitrogens with one attached hydrogen (secondary N) is 1. The van der Waals surface area contributed by atoms with Crippen molar-refractivity contribution in [2.75, 3.05) is 19.6 Å². The van der Waals surface area contributed by atoms with Crippen LogP contribution in [0.25, 0.3) is 0 Å². The Hall–Kier alpha value is -2.97. The molecule has 2 heterocycles. The zero-order valence-corrected chi connectivity index (χ0v) is 18.3. The number of hydrogen-bond acceptors (Lipinski definition) is 5. The van der Waals surface area contributed by atoms with E-state index in [2.05, 4.69) is 5.32 Å². The summed E-state index contributed by atoms with van der Waals surface area (Å²) >= 11 is 0. The lowest BCUT2D eigenvalue weighted by Crippen LogP contribution is -2.51. The van der Waals surface area contributed by atoms with Crippen LogP contribution in [0.4, 0.5) is 5.69 Å². The molecule has 9 nitrogen and oxygen atoms in total. The second-order valence-corrected chi connectivity index (χ2v) is 8.68. The van der Waals surface area contributed by atoms with E-state index in [1.165, 1.54) is 18.2 Å². The van der Waals surface area contributed by atoms with Gasteiger partial charge in [0.25, 0.3) is 11.6 Å². The van der Waals surface area contributed by atoms with Gasteiger partial charge in [-0.1, -0.05) is 0 Å². The summed E-state index contributed by atoms with van der Waals surface area (Å²) in [6.45, 7) is 6.94. The molecule has 3 amide bonds. The number of rotatable bonds is 5. The summed E-state index contributed by atoms with van der Waals surface area (Å²) in [5.74, 6) is -0.406. The molecule has 1 atom stereocenters. The van der Waals surface area contributed by atoms with Crippen LogP contribution >= 0.6 is 0 Å². The largest absolute Gasteiger partial charge is 0.354 e. The summed E-state index contributed by atoms with van der Waals surface area (Å²) in [7, 11) is 0. The van der Waals surface area contributed by atoms with Crippen molar-refractivity contribution in [2.45, 2.75) is 58.5 Å². The number of amides is 3. The third-order valence-corrected chi connectivity index (χ3v) is 6.05. The topological polar surface area (TPSA) is 113 Å². The molecular formula is C22H30N4O5. The summed E-state index contributed by atoms with van der Waals surface area (Å²) in [6, 6.07) is 3.87. The van der Waals surface area contributed by atoms with Crippen molar-refractivity contribution >= 4 is 23.4 Å². The molecule has 0 aromatic heterocycles. The number of nitro benzene ring substituents is 1. The van der Waals surface area contributed by atoms with Gasteiger partial charge in [-0.2, -0.15) is 0 Å². The molecule has 0 spiro atoms. The van der Waals surface area contributed by atoms with Gasteiger partial charge in [-0.3, -0.25) is 24.5 Å². The summed E-state index contributed by atoms with van der Waals surface area (Å²) in [6.07, 6.45) is 2.57. The molecule has 2 saturated heterocycles. The zero-order valence-electron chi connectivity index (χ0n) is 18.3. The predicted molar refractivity (Wildman–Crippen MR) is 114 cm³/mol. The smallest absolute Gasteiger partial charge is 0.272 e. The number of piperidine rings is 1. The highest BCUT2D eigenvalue weighted by atomic mass is 16.6. The zero-order chi connectivity index (χ0) is 22.7. The SMILES string of the molecule is Cc1cc(C(=O)N2CCCC2C(=O)N2CCC(C(=O)NC(C)C)CC2)ccc1[N+](=O)[O-]. The monoisotopic (exact) mass is 430 g/mol. The number of carbonyl (C=O) groups is 3. The highest BCUT2D eigenvalue weighted by Gasteiger charge is 2.38. The first-order chi connectivity index (χ1) is 14.7. The molecule has 0 aliphatic carbocycles. The first kappa shape index (κ1) is 22.7. The number of carbonyl (C=O) groups excluding carboxylic acids is 3. The van der Waals surface area contributed by atoms with E-state index in [-0.39, 0.29) is 35.4 Å². The summed E-state index contributed by atoms with van der Waals surface area (Å²) in [5, 5.41) is 14.0. The minimum atomic E-state index is -0.524. The number of aryl methyl sites for hydroxylation is 1. The second kappa shape index (κ2) is 9.45. The Labute approximate surface area is 181 Å². The maximum absolute atomic E-state index is 13.2. The van der Waals surface area contributed by atoms with Gasteiger partial charge in [-0.25, -0.2) is 0 Å². The van der Waals surface area contributed by atoms with Crippen LogP contribution in [-0.2, 0) is 9.59 Å². The third-order valence-electron chi connectivity index (χ3n) is 6.05. The van der Waals surface area contributed by atoms with E-state index in [1.807, 2.05) is 13.8 Å². The van der Waals surface area contributed by atoms with Gasteiger partial charge in [-0.15, -0.1) is 0 Å². The van der Waals surface area contributed by atoms with E-state index < -0.39 is 11.0 Å². The average Bonchev–Trinajstić information content (AvgIpc) is 3.21. The van der Waals surface area contributed by atoms with Gasteiger partial charge in [-0.05, 0) is 58.6 Å². The van der Waals surface area contributed by atoms with Crippen molar-refractivity contribution in [3.8, 4) is 0 Å². The van der Waals surface area contributed by atoms with Gasteiger partial charge >= 0.3 is 0 Å². The van der Waals surface area contributed by atoms with E-state index in [0.717, 1.165) is 6.42 Å². The lowest BCUT2D eigenvalue weighted by atomic mass is 9.95. The maximum atomic E-state index is 13.2. The molecular weight excluding hydrogens is 400 g/mol. The van der Waals surface area contributed by atoms with Gasteiger partial charge in [0.1, 0.15) is 6.04 Å². The van der Waals surface area contributed by atoms with E-state index in [9.17, 15) is 24.5 Å². The van der Waals surface area contributed by atoms with Crippen LogP contribution in [-0.4, -0.2) is 64.2 Å². The molecule has 1 N–H and O–H groups in total. The lowest BCUT2D eigenvalue weighted by Gasteiger charge is -2.35. The van der Waals surface area contributed by atoms with Crippen LogP contribution in [0.5, 0.6) is 0 Å². The summed E-state index contributed by atoms with van der Waals surface area (Å²) in [4.78, 5) is 52.3. The molecule has 168 valence electrons. The first-order valence-electron chi connectivity index (χ1n) is 10.8. The Morgan fingerprint density at radius 3 is 2.39 bits per heavy atom. The van der Waals surface area contributed by atoms with Crippen LogP contribution < -0.4 is 5.32 Å². The fourth-order valence-electron chi connectivity index (χ4n) is 4.40. The van der Waals surface area contributed by atoms with Crippen molar-refractivity contribution < 1.29 is 19.3 Å². The van der Waals surface area contributed by atoms with Gasteiger partial charge in [0.15, 0.2) is 0 Å². The van der Waals surface area contributed by atoms with E-state index >= 15 is 0 Å². The van der Waals surface area contributed by atoms with E-state index in [0.29, 0.717) is 50.0 Å². The van der Waals surface area contributed by atoms with Crippen LogP contribution in [0, 0.1) is 23.0 Å². The fraction of sp³-hybridized carbons (Fsp3) is 0.591. The molecule has 1 unspecified atom stereocenters. The van der Waals surface area contributed by atoms with Crippen LogP contribution in [0.1, 0.15) is 55.5 Å². The molecule has 9 heteroatoms. The van der Waals surface area contributed by atoms with Crippen molar-refractivity contribution in [3.63, 3.8) is 0 Å². The first-order valence-corrected chi connectivity index (χ1v) is 10.8. The second-order valence-electron chi connectivity index (χ2n) is 8.68. The van der Waals surface area contributed by atoms with Crippen LogP contribution in [0.2, 0.25) is 0 Å². The van der Waals surface area contributed by atoms with E-state index in [4.69, 9.17) is 0 Å². The summed E-state index contributed by atoms with van der Waals surface area (Å²) < 4.78 is 0. The van der Waals surface area contributed by atoms with Gasteiger partial charge < -0.3 is 15.1 Å². The molecule has 1 aromatic carbocycles. The molecule has 2 fully saturated rings. The normalized spacial score (nSPS) is 19.5. The highest BCUT2D eigenvalue weighted by molar-refractivity contribution is 5.98.